The number of nitrogens with zero attached hydrogens (tertiary/aromatic N) is 3. The molecule has 0 radical (unpaired) electrons. The Morgan fingerprint density at radius 1 is 1.00 bits per heavy atom. The zero-order chi connectivity index (χ0) is 35.4. The van der Waals surface area contributed by atoms with Crippen molar-refractivity contribution in [3.8, 4) is 0 Å². The Morgan fingerprint density at radius 3 is 2.19 bits per heavy atom. The number of alkyl halides is 6. The second kappa shape index (κ2) is 12.6. The number of hydrogen-bond donors (Lipinski definition) is 2. The van der Waals surface area contributed by atoms with Gasteiger partial charge in [-0.3, -0.25) is 14.5 Å². The Balaban J connectivity index is 1.31. The van der Waals surface area contributed by atoms with Crippen LogP contribution >= 0.6 is 11.8 Å². The number of benzene rings is 2. The van der Waals surface area contributed by atoms with Crippen LogP contribution in [0.3, 0.4) is 0 Å². The van der Waals surface area contributed by atoms with Crippen molar-refractivity contribution in [2.24, 2.45) is 0 Å². The molecule has 3 atom stereocenters. The number of imide groups is 1. The van der Waals surface area contributed by atoms with E-state index in [4.69, 9.17) is 0 Å². The lowest BCUT2D eigenvalue weighted by molar-refractivity contribution is -0.376. The van der Waals surface area contributed by atoms with Gasteiger partial charge in [0, 0.05) is 46.6 Å². The molecule has 2 aliphatic heterocycles. The molecular formula is C33H36F6N4O4S. The first kappa shape index (κ1) is 35.6. The molecule has 3 fully saturated rings. The molecule has 0 bridgehead atoms. The number of carbonyl (C=O) groups excluding carboxylic acids is 3. The maximum atomic E-state index is 13.6. The molecule has 4 amide bonds. The molecule has 15 heteroatoms. The van der Waals surface area contributed by atoms with E-state index >= 15 is 0 Å². The van der Waals surface area contributed by atoms with Gasteiger partial charge < -0.3 is 20.2 Å². The Morgan fingerprint density at radius 2 is 1.62 bits per heavy atom. The minimum atomic E-state index is -6.03. The molecule has 2 N–H and O–H groups in total. The third-order valence-corrected chi connectivity index (χ3v) is 10.4. The molecule has 260 valence electrons. The maximum absolute atomic E-state index is 13.6. The fraction of sp³-hybridized carbons (Fsp3) is 0.485. The second-order valence-corrected chi connectivity index (χ2v) is 14.0. The van der Waals surface area contributed by atoms with E-state index in [-0.39, 0.29) is 18.7 Å². The van der Waals surface area contributed by atoms with Crippen LogP contribution in [0, 0.1) is 0 Å². The average Bonchev–Trinajstić information content (AvgIpc) is 3.79. The molecule has 1 unspecified atom stereocenters. The van der Waals surface area contributed by atoms with E-state index in [2.05, 4.69) is 5.32 Å². The van der Waals surface area contributed by atoms with E-state index in [9.17, 15) is 45.8 Å². The Bertz CT molecular complexity index is 1600. The van der Waals surface area contributed by atoms with Gasteiger partial charge in [-0.2, -0.15) is 26.3 Å². The molecule has 1 saturated carbocycles. The van der Waals surface area contributed by atoms with E-state index in [1.54, 1.807) is 56.5 Å². The monoisotopic (exact) mass is 698 g/mol. The summed E-state index contributed by atoms with van der Waals surface area (Å²) >= 11 is 1.76. The summed E-state index contributed by atoms with van der Waals surface area (Å²) in [5.74, 6) is -1.07. The number of amides is 4. The molecule has 2 aromatic rings. The SMILES string of the molecule is C/C=C\c1cc(C(O)(C(F)(F)F)C(F)(F)F)ccc1N1C[C@@H](C)N(C(=O)CN2C(=O)N[C@@](C)(c3ccc(SC4CC4)cc3)C2=O)CC1C. The number of rotatable bonds is 8. The van der Waals surface area contributed by atoms with Gasteiger partial charge in [0.25, 0.3) is 11.5 Å². The average molecular weight is 699 g/mol. The van der Waals surface area contributed by atoms with Crippen molar-refractivity contribution in [2.45, 2.75) is 86.3 Å². The van der Waals surface area contributed by atoms with Gasteiger partial charge in [0.1, 0.15) is 12.1 Å². The lowest BCUT2D eigenvalue weighted by atomic mass is 9.89. The second-order valence-electron chi connectivity index (χ2n) is 12.7. The first-order chi connectivity index (χ1) is 22.3. The Hall–Kier alpha value is -3.72. The Labute approximate surface area is 278 Å². The number of halogens is 6. The first-order valence-corrected chi connectivity index (χ1v) is 16.3. The summed E-state index contributed by atoms with van der Waals surface area (Å²) in [6, 6.07) is 8.06. The topological polar surface area (TPSA) is 93.2 Å². The first-order valence-electron chi connectivity index (χ1n) is 15.4. The van der Waals surface area contributed by atoms with Gasteiger partial charge in [0.2, 0.25) is 5.91 Å². The van der Waals surface area contributed by atoms with Crippen LogP contribution in [-0.4, -0.2) is 82.1 Å². The van der Waals surface area contributed by atoms with Crippen molar-refractivity contribution in [1.82, 2.24) is 15.1 Å². The number of thioether (sulfide) groups is 1. The number of carbonyl (C=O) groups is 3. The summed E-state index contributed by atoms with van der Waals surface area (Å²) in [6.07, 6.45) is -6.93. The maximum Gasteiger partial charge on any atom is 0.430 e. The molecule has 2 aromatic carbocycles. The van der Waals surface area contributed by atoms with Gasteiger partial charge in [-0.15, -0.1) is 11.8 Å². The van der Waals surface area contributed by atoms with Crippen LogP contribution in [0.25, 0.3) is 6.08 Å². The number of nitrogens with one attached hydrogen (secondary N) is 1. The van der Waals surface area contributed by atoms with Crippen molar-refractivity contribution in [2.75, 3.05) is 24.5 Å². The van der Waals surface area contributed by atoms with Crippen LogP contribution in [-0.2, 0) is 20.7 Å². The summed E-state index contributed by atoms with van der Waals surface area (Å²) < 4.78 is 81.5. The predicted molar refractivity (Wildman–Crippen MR) is 168 cm³/mol. The van der Waals surface area contributed by atoms with E-state index in [0.29, 0.717) is 28.6 Å². The lowest BCUT2D eigenvalue weighted by Crippen LogP contribution is -2.60. The number of piperazine rings is 1. The van der Waals surface area contributed by atoms with Gasteiger partial charge in [0.05, 0.1) is 0 Å². The van der Waals surface area contributed by atoms with E-state index < -0.39 is 65.5 Å². The molecule has 2 heterocycles. The normalized spacial score (nSPS) is 24.1. The van der Waals surface area contributed by atoms with E-state index in [0.717, 1.165) is 15.9 Å². The number of allylic oxidation sites excluding steroid dienone is 1. The fourth-order valence-corrected chi connectivity index (χ4v) is 7.21. The summed E-state index contributed by atoms with van der Waals surface area (Å²) in [5.41, 5.74) is -6.91. The van der Waals surface area contributed by atoms with Gasteiger partial charge >= 0.3 is 18.4 Å². The summed E-state index contributed by atoms with van der Waals surface area (Å²) in [6.45, 7) is 6.29. The van der Waals surface area contributed by atoms with Crippen molar-refractivity contribution in [1.29, 1.82) is 0 Å². The van der Waals surface area contributed by atoms with Crippen LogP contribution in [0.4, 0.5) is 36.8 Å². The largest absolute Gasteiger partial charge is 0.430 e. The highest BCUT2D eigenvalue weighted by Crippen LogP contribution is 2.51. The standard InChI is InChI=1S/C33H36F6N4O4S/c1-5-6-21-15-23(31(47,32(34,35)36)33(37,38)39)9-14-26(21)41-16-20(3)42(17-19(41)2)27(44)18-43-28(45)30(4,40-29(43)46)22-7-10-24(11-8-22)48-25-12-13-25/h5-11,14-15,19-20,25,47H,12-13,16-18H2,1-4H3,(H,40,46)/b6-5-/t19?,20-,30+/m1/s1. The summed E-state index contributed by atoms with van der Waals surface area (Å²) in [4.78, 5) is 45.2. The molecular weight excluding hydrogens is 662 g/mol. The highest BCUT2D eigenvalue weighted by atomic mass is 32.2. The van der Waals surface area contributed by atoms with Gasteiger partial charge in [-0.1, -0.05) is 30.4 Å². The fourth-order valence-electron chi connectivity index (χ4n) is 6.16. The minimum absolute atomic E-state index is 0.0125. The number of anilines is 1. The van der Waals surface area contributed by atoms with Crippen LogP contribution in [0.1, 0.15) is 57.2 Å². The number of hydrogen-bond acceptors (Lipinski definition) is 6. The molecule has 5 rings (SSSR count). The van der Waals surface area contributed by atoms with Gasteiger partial charge in [0.15, 0.2) is 0 Å². The molecule has 1 aliphatic carbocycles. The number of urea groups is 1. The molecule has 2 saturated heterocycles. The van der Waals surface area contributed by atoms with Crippen LogP contribution < -0.4 is 10.2 Å². The molecule has 48 heavy (non-hydrogen) atoms. The van der Waals surface area contributed by atoms with Crippen molar-refractivity contribution < 1.29 is 45.8 Å². The zero-order valence-electron chi connectivity index (χ0n) is 26.7. The highest BCUT2D eigenvalue weighted by Gasteiger charge is 2.71. The van der Waals surface area contributed by atoms with E-state index in [1.165, 1.54) is 29.9 Å². The van der Waals surface area contributed by atoms with Crippen molar-refractivity contribution in [3.63, 3.8) is 0 Å². The third-order valence-electron chi connectivity index (χ3n) is 9.05. The Kier molecular flexibility index (Phi) is 9.36. The smallest absolute Gasteiger partial charge is 0.369 e. The summed E-state index contributed by atoms with van der Waals surface area (Å²) in [7, 11) is 0. The summed E-state index contributed by atoms with van der Waals surface area (Å²) in [5, 5.41) is 13.3. The van der Waals surface area contributed by atoms with Crippen LogP contribution in [0.15, 0.2) is 53.4 Å². The van der Waals surface area contributed by atoms with E-state index in [1.807, 2.05) is 12.1 Å². The molecule has 3 aliphatic rings. The molecule has 0 spiro atoms. The van der Waals surface area contributed by atoms with Crippen LogP contribution in [0.5, 0.6) is 0 Å². The highest BCUT2D eigenvalue weighted by molar-refractivity contribution is 8.00. The third kappa shape index (κ3) is 6.38. The minimum Gasteiger partial charge on any atom is -0.369 e. The van der Waals surface area contributed by atoms with Crippen molar-refractivity contribution in [3.05, 3.63) is 65.2 Å². The number of aliphatic hydroxyl groups is 1. The molecule has 0 aromatic heterocycles. The lowest BCUT2D eigenvalue weighted by Gasteiger charge is -2.46. The zero-order valence-corrected chi connectivity index (χ0v) is 27.5. The van der Waals surface area contributed by atoms with Crippen molar-refractivity contribution >= 4 is 41.4 Å². The van der Waals surface area contributed by atoms with Crippen LogP contribution in [0.2, 0.25) is 0 Å². The van der Waals surface area contributed by atoms with Gasteiger partial charge in [-0.25, -0.2) is 4.79 Å². The molecule has 8 nitrogen and oxygen atoms in total. The van der Waals surface area contributed by atoms with Gasteiger partial charge in [-0.05, 0) is 75.9 Å². The quantitative estimate of drug-likeness (QED) is 0.253. The predicted octanol–water partition coefficient (Wildman–Crippen LogP) is 6.18.